The Morgan fingerprint density at radius 1 is 0.966 bits per heavy atom. The maximum Gasteiger partial charge on any atom is 0.251 e. The number of aryl methyl sites for hydroxylation is 1. The Hall–Kier alpha value is -3.86. The van der Waals surface area contributed by atoms with Crippen molar-refractivity contribution < 1.29 is 4.79 Å². The smallest absolute Gasteiger partial charge is 0.251 e. The van der Waals surface area contributed by atoms with Crippen LogP contribution in [0.25, 0.3) is 16.9 Å². The molecule has 4 aromatic rings. The van der Waals surface area contributed by atoms with Gasteiger partial charge in [0.1, 0.15) is 0 Å². The Kier molecular flexibility index (Phi) is 5.12. The highest BCUT2D eigenvalue weighted by molar-refractivity contribution is 5.94. The van der Waals surface area contributed by atoms with Crippen LogP contribution in [0.2, 0.25) is 0 Å². The van der Waals surface area contributed by atoms with Gasteiger partial charge in [-0.25, -0.2) is 4.68 Å². The summed E-state index contributed by atoms with van der Waals surface area (Å²) in [5.74, 6) is -0.143. The maximum absolute atomic E-state index is 12.3. The van der Waals surface area contributed by atoms with Crippen LogP contribution in [0.15, 0.2) is 84.9 Å². The molecule has 0 unspecified atom stereocenters. The first-order chi connectivity index (χ1) is 14.1. The molecule has 0 aliphatic heterocycles. The molecule has 1 amide bonds. The van der Waals surface area contributed by atoms with Crippen LogP contribution in [0.4, 0.5) is 5.69 Å². The summed E-state index contributed by atoms with van der Waals surface area (Å²) in [7, 11) is 0. The zero-order chi connectivity index (χ0) is 20.2. The van der Waals surface area contributed by atoms with E-state index in [1.165, 1.54) is 0 Å². The normalized spacial score (nSPS) is 10.7. The van der Waals surface area contributed by atoms with Crippen molar-refractivity contribution >= 4 is 11.6 Å². The van der Waals surface area contributed by atoms with Crippen LogP contribution in [0.3, 0.4) is 0 Å². The number of nitrogens with two attached hydrogens (primary N) is 1. The van der Waals surface area contributed by atoms with Crippen molar-refractivity contribution in [3.8, 4) is 16.9 Å². The standard InChI is InChI=1S/C24H22N4O/c1-17-14-23(19-6-3-2-4-7-19)28(27-17)22-12-10-18(11-13-22)16-26-24(29)20-8-5-9-21(25)15-20/h2-15H,16,25H2,1H3,(H,26,29). The fraction of sp³-hybridized carbons (Fsp3) is 0.0833. The molecule has 3 aromatic carbocycles. The molecule has 5 heteroatoms. The number of aromatic nitrogens is 2. The van der Waals surface area contributed by atoms with E-state index < -0.39 is 0 Å². The Labute approximate surface area is 169 Å². The lowest BCUT2D eigenvalue weighted by atomic mass is 10.1. The van der Waals surface area contributed by atoms with Crippen molar-refractivity contribution in [2.75, 3.05) is 5.73 Å². The molecule has 0 spiro atoms. The number of amides is 1. The van der Waals surface area contributed by atoms with Crippen LogP contribution in [0.1, 0.15) is 21.6 Å². The topological polar surface area (TPSA) is 72.9 Å². The second-order valence-electron chi connectivity index (χ2n) is 6.92. The van der Waals surface area contributed by atoms with Gasteiger partial charge in [-0.1, -0.05) is 48.5 Å². The average Bonchev–Trinajstić information content (AvgIpc) is 3.15. The van der Waals surface area contributed by atoms with Crippen LogP contribution < -0.4 is 11.1 Å². The van der Waals surface area contributed by atoms with Crippen LogP contribution in [-0.2, 0) is 6.54 Å². The van der Waals surface area contributed by atoms with Crippen molar-refractivity contribution in [3.05, 3.63) is 102 Å². The van der Waals surface area contributed by atoms with Gasteiger partial charge in [0.25, 0.3) is 5.91 Å². The van der Waals surface area contributed by atoms with Gasteiger partial charge in [0.15, 0.2) is 0 Å². The molecule has 1 aromatic heterocycles. The van der Waals surface area contributed by atoms with E-state index in [4.69, 9.17) is 5.73 Å². The number of anilines is 1. The minimum atomic E-state index is -0.143. The maximum atomic E-state index is 12.3. The van der Waals surface area contributed by atoms with E-state index >= 15 is 0 Å². The van der Waals surface area contributed by atoms with E-state index in [1.54, 1.807) is 24.3 Å². The quantitative estimate of drug-likeness (QED) is 0.504. The number of rotatable bonds is 5. The third-order valence-electron chi connectivity index (χ3n) is 4.68. The number of hydrogen-bond acceptors (Lipinski definition) is 3. The number of nitrogens with one attached hydrogen (secondary N) is 1. The zero-order valence-corrected chi connectivity index (χ0v) is 16.2. The molecule has 3 N–H and O–H groups in total. The van der Waals surface area contributed by atoms with Crippen molar-refractivity contribution in [3.63, 3.8) is 0 Å². The summed E-state index contributed by atoms with van der Waals surface area (Å²) >= 11 is 0. The van der Waals surface area contributed by atoms with E-state index in [2.05, 4.69) is 28.6 Å². The Morgan fingerprint density at radius 3 is 2.45 bits per heavy atom. The summed E-state index contributed by atoms with van der Waals surface area (Å²) < 4.78 is 1.94. The van der Waals surface area contributed by atoms with E-state index in [0.29, 0.717) is 17.8 Å². The number of carbonyl (C=O) groups excluding carboxylic acids is 1. The molecule has 0 aliphatic rings. The summed E-state index contributed by atoms with van der Waals surface area (Å²) in [4.78, 5) is 12.3. The van der Waals surface area contributed by atoms with Gasteiger partial charge in [0.05, 0.1) is 17.1 Å². The molecule has 4 rings (SSSR count). The van der Waals surface area contributed by atoms with Crippen LogP contribution in [0.5, 0.6) is 0 Å². The molecule has 0 atom stereocenters. The molecular formula is C24H22N4O. The summed E-state index contributed by atoms with van der Waals surface area (Å²) in [5.41, 5.74) is 12.0. The highest BCUT2D eigenvalue weighted by atomic mass is 16.1. The Morgan fingerprint density at radius 2 is 1.72 bits per heavy atom. The van der Waals surface area contributed by atoms with Gasteiger partial charge in [-0.3, -0.25) is 4.79 Å². The summed E-state index contributed by atoms with van der Waals surface area (Å²) in [6.45, 7) is 2.43. The first-order valence-corrected chi connectivity index (χ1v) is 9.45. The fourth-order valence-electron chi connectivity index (χ4n) is 3.23. The minimum Gasteiger partial charge on any atom is -0.399 e. The summed E-state index contributed by atoms with van der Waals surface area (Å²) in [6, 6.07) is 27.3. The first kappa shape index (κ1) is 18.5. The van der Waals surface area contributed by atoms with Crippen LogP contribution in [-0.4, -0.2) is 15.7 Å². The second kappa shape index (κ2) is 8.02. The molecular weight excluding hydrogens is 360 g/mol. The molecule has 144 valence electrons. The first-order valence-electron chi connectivity index (χ1n) is 9.45. The molecule has 0 aliphatic carbocycles. The number of nitrogen functional groups attached to an aromatic ring is 1. The summed E-state index contributed by atoms with van der Waals surface area (Å²) in [5, 5.41) is 7.57. The van der Waals surface area contributed by atoms with Crippen molar-refractivity contribution in [1.29, 1.82) is 0 Å². The SMILES string of the molecule is Cc1cc(-c2ccccc2)n(-c2ccc(CNC(=O)c3cccc(N)c3)cc2)n1. The van der Waals surface area contributed by atoms with Crippen LogP contribution in [0, 0.1) is 6.92 Å². The molecule has 1 heterocycles. The molecule has 0 fully saturated rings. The molecule has 0 bridgehead atoms. The number of carbonyl (C=O) groups is 1. The van der Waals surface area contributed by atoms with E-state index in [9.17, 15) is 4.79 Å². The minimum absolute atomic E-state index is 0.143. The number of benzene rings is 3. The van der Waals surface area contributed by atoms with Gasteiger partial charge in [-0.05, 0) is 48.9 Å². The van der Waals surface area contributed by atoms with Gasteiger partial charge >= 0.3 is 0 Å². The third kappa shape index (κ3) is 4.19. The predicted molar refractivity (Wildman–Crippen MR) is 116 cm³/mol. The predicted octanol–water partition coefficient (Wildman–Crippen LogP) is 4.36. The lowest BCUT2D eigenvalue weighted by Crippen LogP contribution is -2.22. The van der Waals surface area contributed by atoms with Gasteiger partial charge in [-0.15, -0.1) is 0 Å². The fourth-order valence-corrected chi connectivity index (χ4v) is 3.23. The van der Waals surface area contributed by atoms with Gasteiger partial charge < -0.3 is 11.1 Å². The number of nitrogens with zero attached hydrogens (tertiary/aromatic N) is 2. The van der Waals surface area contributed by atoms with Crippen LogP contribution >= 0.6 is 0 Å². The Balaban J connectivity index is 1.50. The lowest BCUT2D eigenvalue weighted by Gasteiger charge is -2.10. The molecule has 5 nitrogen and oxygen atoms in total. The molecule has 0 saturated heterocycles. The van der Waals surface area contributed by atoms with E-state index in [1.807, 2.05) is 54.1 Å². The highest BCUT2D eigenvalue weighted by Gasteiger charge is 2.10. The highest BCUT2D eigenvalue weighted by Crippen LogP contribution is 2.24. The van der Waals surface area contributed by atoms with Gasteiger partial charge in [0.2, 0.25) is 0 Å². The van der Waals surface area contributed by atoms with Crippen molar-refractivity contribution in [2.24, 2.45) is 0 Å². The monoisotopic (exact) mass is 382 g/mol. The van der Waals surface area contributed by atoms with E-state index in [0.717, 1.165) is 28.2 Å². The molecule has 0 saturated carbocycles. The Bertz CT molecular complexity index is 1130. The van der Waals surface area contributed by atoms with Crippen molar-refractivity contribution in [2.45, 2.75) is 13.5 Å². The molecule has 0 radical (unpaired) electrons. The van der Waals surface area contributed by atoms with E-state index in [-0.39, 0.29) is 5.91 Å². The molecule has 29 heavy (non-hydrogen) atoms. The lowest BCUT2D eigenvalue weighted by molar-refractivity contribution is 0.0951. The zero-order valence-electron chi connectivity index (χ0n) is 16.2. The number of hydrogen-bond donors (Lipinski definition) is 2. The summed E-state index contributed by atoms with van der Waals surface area (Å²) in [6.07, 6.45) is 0. The van der Waals surface area contributed by atoms with Crippen molar-refractivity contribution in [1.82, 2.24) is 15.1 Å². The largest absolute Gasteiger partial charge is 0.399 e. The average molecular weight is 382 g/mol. The third-order valence-corrected chi connectivity index (χ3v) is 4.68. The van der Waals surface area contributed by atoms with Gasteiger partial charge in [0, 0.05) is 23.4 Å². The van der Waals surface area contributed by atoms with Gasteiger partial charge in [-0.2, -0.15) is 5.10 Å². The second-order valence-corrected chi connectivity index (χ2v) is 6.92.